The lowest BCUT2D eigenvalue weighted by Gasteiger charge is -2.16. The quantitative estimate of drug-likeness (QED) is 0.177. The molecule has 0 aliphatic carbocycles. The van der Waals surface area contributed by atoms with E-state index in [-0.39, 0.29) is 0 Å². The summed E-state index contributed by atoms with van der Waals surface area (Å²) >= 11 is 0. The number of phenolic OH excluding ortho intramolecular Hbond substituents is 2. The fraction of sp³-hybridized carbons (Fsp3) is 0.0526. The molecule has 0 spiro atoms. The van der Waals surface area contributed by atoms with Crippen molar-refractivity contribution in [3.63, 3.8) is 0 Å². The van der Waals surface area contributed by atoms with Crippen molar-refractivity contribution >= 4 is 5.69 Å². The van der Waals surface area contributed by atoms with Gasteiger partial charge in [0.05, 0.1) is 0 Å². The molecular weight excluding hydrogens is 496 g/mol. The average Bonchev–Trinajstić information content (AvgIpc) is 2.81. The van der Waals surface area contributed by atoms with Gasteiger partial charge in [0.25, 0.3) is 0 Å². The number of halogens is 10. The van der Waals surface area contributed by atoms with E-state index in [1.54, 1.807) is 0 Å². The summed E-state index contributed by atoms with van der Waals surface area (Å²) in [4.78, 5) is 0. The maximum Gasteiger partial charge on any atom is 0.212 e. The van der Waals surface area contributed by atoms with E-state index >= 15 is 0 Å². The van der Waals surface area contributed by atoms with Gasteiger partial charge < -0.3 is 25.4 Å². The number of rotatable bonds is 4. The molecule has 3 aromatic rings. The Kier molecular flexibility index (Phi) is 6.07. The first-order chi connectivity index (χ1) is 15.7. The van der Waals surface area contributed by atoms with Gasteiger partial charge in [-0.05, 0) is 6.92 Å². The van der Waals surface area contributed by atoms with Crippen molar-refractivity contribution in [1.82, 2.24) is 0 Å². The topological polar surface area (TPSA) is 84.9 Å². The fourth-order valence-corrected chi connectivity index (χ4v) is 2.53. The molecule has 0 aliphatic heterocycles. The molecule has 0 aliphatic rings. The van der Waals surface area contributed by atoms with Crippen LogP contribution in [-0.4, -0.2) is 10.2 Å². The third-order valence-corrected chi connectivity index (χ3v) is 4.37. The lowest BCUT2D eigenvalue weighted by atomic mass is 10.1. The fourth-order valence-electron chi connectivity index (χ4n) is 2.53. The van der Waals surface area contributed by atoms with Crippen LogP contribution < -0.4 is 15.2 Å². The van der Waals surface area contributed by atoms with Crippen LogP contribution in [0.5, 0.6) is 34.5 Å². The van der Waals surface area contributed by atoms with Crippen LogP contribution in [0.2, 0.25) is 0 Å². The van der Waals surface area contributed by atoms with E-state index in [2.05, 4.69) is 9.47 Å². The van der Waals surface area contributed by atoms with Crippen LogP contribution in [0.15, 0.2) is 0 Å². The molecular formula is C19H7F10NO4. The van der Waals surface area contributed by atoms with E-state index in [1.165, 1.54) is 0 Å². The first-order valence-corrected chi connectivity index (χ1v) is 8.44. The number of nitrogens with two attached hydrogens (primary N) is 1. The summed E-state index contributed by atoms with van der Waals surface area (Å²) in [6.07, 6.45) is 0. The van der Waals surface area contributed by atoms with Crippen molar-refractivity contribution < 1.29 is 63.6 Å². The van der Waals surface area contributed by atoms with Gasteiger partial charge in [-0.1, -0.05) is 0 Å². The molecule has 0 amide bonds. The van der Waals surface area contributed by atoms with E-state index in [0.29, 0.717) is 6.92 Å². The average molecular weight is 503 g/mol. The second-order valence-corrected chi connectivity index (χ2v) is 6.40. The molecule has 3 rings (SSSR count). The number of nitrogen functional groups attached to an aromatic ring is 1. The molecule has 3 aromatic carbocycles. The lowest BCUT2D eigenvalue weighted by Crippen LogP contribution is -2.08. The van der Waals surface area contributed by atoms with Crippen molar-refractivity contribution in [2.75, 3.05) is 5.73 Å². The number of benzene rings is 3. The van der Waals surface area contributed by atoms with Gasteiger partial charge in [-0.3, -0.25) is 0 Å². The highest BCUT2D eigenvalue weighted by atomic mass is 19.2. The van der Waals surface area contributed by atoms with Gasteiger partial charge in [-0.2, -0.15) is 35.1 Å². The normalized spacial score (nSPS) is 11.1. The van der Waals surface area contributed by atoms with Crippen molar-refractivity contribution in [2.45, 2.75) is 6.92 Å². The summed E-state index contributed by atoms with van der Waals surface area (Å²) in [6, 6.07) is 0. The Morgan fingerprint density at radius 2 is 0.765 bits per heavy atom. The second-order valence-electron chi connectivity index (χ2n) is 6.40. The molecule has 0 unspecified atom stereocenters. The number of aromatic hydroxyl groups is 2. The molecule has 0 bridgehead atoms. The Labute approximate surface area is 181 Å². The van der Waals surface area contributed by atoms with Crippen molar-refractivity contribution in [2.24, 2.45) is 0 Å². The second kappa shape index (κ2) is 8.39. The Bertz CT molecular complexity index is 1170. The molecule has 0 fully saturated rings. The molecule has 4 N–H and O–H groups in total. The molecule has 0 atom stereocenters. The Hall–Kier alpha value is -4.04. The minimum Gasteiger partial charge on any atom is -0.504 e. The van der Waals surface area contributed by atoms with Crippen LogP contribution in [0, 0.1) is 65.1 Å². The summed E-state index contributed by atoms with van der Waals surface area (Å²) in [5, 5.41) is 18.7. The van der Waals surface area contributed by atoms with E-state index in [0.717, 1.165) is 0 Å². The van der Waals surface area contributed by atoms with Gasteiger partial charge >= 0.3 is 0 Å². The molecule has 182 valence electrons. The number of hydrogen-bond donors (Lipinski definition) is 3. The highest BCUT2D eigenvalue weighted by Crippen LogP contribution is 2.44. The zero-order chi connectivity index (χ0) is 25.8. The Balaban J connectivity index is 2.18. The Morgan fingerprint density at radius 3 is 1.18 bits per heavy atom. The SMILES string of the molecule is Cc1c(O)c(F)c(Oc2c(F)c(F)c(Oc3c(F)c(O)c(N)c(F)c3F)c(F)c2F)c(F)c1F. The first-order valence-electron chi connectivity index (χ1n) is 8.44. The summed E-state index contributed by atoms with van der Waals surface area (Å²) in [6.45, 7) is 0.712. The smallest absolute Gasteiger partial charge is 0.212 e. The number of anilines is 1. The third kappa shape index (κ3) is 3.52. The van der Waals surface area contributed by atoms with Crippen LogP contribution in [-0.2, 0) is 0 Å². The molecule has 0 saturated carbocycles. The van der Waals surface area contributed by atoms with Crippen LogP contribution in [0.1, 0.15) is 5.56 Å². The number of ether oxygens (including phenoxy) is 2. The predicted molar refractivity (Wildman–Crippen MR) is 91.5 cm³/mol. The Morgan fingerprint density at radius 1 is 0.471 bits per heavy atom. The molecule has 0 heterocycles. The molecule has 0 radical (unpaired) electrons. The van der Waals surface area contributed by atoms with Gasteiger partial charge in [0, 0.05) is 5.56 Å². The summed E-state index contributed by atoms with van der Waals surface area (Å²) in [5.41, 5.74) is 2.40. The monoisotopic (exact) mass is 503 g/mol. The maximum atomic E-state index is 14.3. The zero-order valence-electron chi connectivity index (χ0n) is 16.1. The lowest BCUT2D eigenvalue weighted by molar-refractivity contribution is 0.297. The van der Waals surface area contributed by atoms with Gasteiger partial charge in [-0.25, -0.2) is 8.78 Å². The van der Waals surface area contributed by atoms with E-state index in [9.17, 15) is 54.1 Å². The van der Waals surface area contributed by atoms with E-state index in [1.807, 2.05) is 0 Å². The third-order valence-electron chi connectivity index (χ3n) is 4.37. The van der Waals surface area contributed by atoms with Crippen molar-refractivity contribution in [3.8, 4) is 34.5 Å². The van der Waals surface area contributed by atoms with Crippen LogP contribution >= 0.6 is 0 Å². The molecule has 34 heavy (non-hydrogen) atoms. The number of phenols is 2. The van der Waals surface area contributed by atoms with E-state index < -0.39 is 104 Å². The van der Waals surface area contributed by atoms with Crippen LogP contribution in [0.25, 0.3) is 0 Å². The van der Waals surface area contributed by atoms with Gasteiger partial charge in [0.15, 0.2) is 23.1 Å². The summed E-state index contributed by atoms with van der Waals surface area (Å²) in [7, 11) is 0. The zero-order valence-corrected chi connectivity index (χ0v) is 16.1. The number of hydrogen-bond acceptors (Lipinski definition) is 5. The molecule has 0 saturated heterocycles. The van der Waals surface area contributed by atoms with Gasteiger partial charge in [0.1, 0.15) is 5.69 Å². The highest BCUT2D eigenvalue weighted by Gasteiger charge is 2.34. The van der Waals surface area contributed by atoms with Gasteiger partial charge in [-0.15, -0.1) is 0 Å². The van der Waals surface area contributed by atoms with Crippen LogP contribution in [0.3, 0.4) is 0 Å². The minimum atomic E-state index is -2.62. The summed E-state index contributed by atoms with van der Waals surface area (Å²) < 4.78 is 149. The predicted octanol–water partition coefficient (Wildman–Crippen LogP) is 5.96. The molecule has 15 heteroatoms. The minimum absolute atomic E-state index is 0.712. The van der Waals surface area contributed by atoms with Crippen molar-refractivity contribution in [3.05, 3.63) is 63.7 Å². The highest BCUT2D eigenvalue weighted by molar-refractivity contribution is 5.58. The summed E-state index contributed by atoms with van der Waals surface area (Å²) in [5.74, 6) is -35.4. The standard InChI is InChI=1S/C19H7F10NO4/c1-2-3(20)5(22)18(11(28)14(2)31)33-16-7(24)9(26)17(10(27)8(16)25)34-19-6(23)4(21)13(30)15(32)12(19)29/h31-32H,30H2,1H3. The molecule has 0 aromatic heterocycles. The maximum absolute atomic E-state index is 14.3. The van der Waals surface area contributed by atoms with Crippen LogP contribution in [0.4, 0.5) is 49.6 Å². The molecule has 5 nitrogen and oxygen atoms in total. The largest absolute Gasteiger partial charge is 0.504 e. The first kappa shape index (κ1) is 24.6. The van der Waals surface area contributed by atoms with Crippen molar-refractivity contribution in [1.29, 1.82) is 0 Å². The van der Waals surface area contributed by atoms with Gasteiger partial charge in [0.2, 0.25) is 69.5 Å². The van der Waals surface area contributed by atoms with E-state index in [4.69, 9.17) is 5.73 Å².